The smallest absolute Gasteiger partial charge is 0.127 e. The van der Waals surface area contributed by atoms with Crippen molar-refractivity contribution in [2.45, 2.75) is 44.1 Å². The summed E-state index contributed by atoms with van der Waals surface area (Å²) in [6, 6.07) is 0. The number of allylic oxidation sites excluding steroid dienone is 1. The van der Waals surface area contributed by atoms with Crippen LogP contribution in [0.2, 0.25) is 0 Å². The van der Waals surface area contributed by atoms with E-state index >= 15 is 0 Å². The maximum atomic E-state index is 6.15. The maximum absolute atomic E-state index is 6.15. The van der Waals surface area contributed by atoms with Crippen LogP contribution in [0.1, 0.15) is 49.0 Å². The molecular formula is C12H17N3. The van der Waals surface area contributed by atoms with Gasteiger partial charge in [-0.15, -0.1) is 6.58 Å². The number of aromatic nitrogens is 2. The van der Waals surface area contributed by atoms with Gasteiger partial charge in [-0.3, -0.25) is 0 Å². The highest BCUT2D eigenvalue weighted by Crippen LogP contribution is 2.46. The number of hydrogen-bond donors (Lipinski definition) is 1. The first-order valence-corrected chi connectivity index (χ1v) is 5.78. The Morgan fingerprint density at radius 3 is 2.53 bits per heavy atom. The topological polar surface area (TPSA) is 43.8 Å². The van der Waals surface area contributed by atoms with Crippen molar-refractivity contribution in [3.63, 3.8) is 0 Å². The van der Waals surface area contributed by atoms with E-state index < -0.39 is 0 Å². The molecule has 0 atom stereocenters. The van der Waals surface area contributed by atoms with Crippen molar-refractivity contribution < 1.29 is 0 Å². The highest BCUT2D eigenvalue weighted by molar-refractivity contribution is 5.44. The number of hydrogen-bond acceptors (Lipinski definition) is 2. The van der Waals surface area contributed by atoms with Crippen LogP contribution >= 0.6 is 0 Å². The first-order chi connectivity index (χ1) is 7.31. The van der Waals surface area contributed by atoms with E-state index in [0.29, 0.717) is 11.8 Å². The first-order valence-electron chi connectivity index (χ1n) is 5.78. The monoisotopic (exact) mass is 203 g/mol. The van der Waals surface area contributed by atoms with E-state index in [-0.39, 0.29) is 0 Å². The number of nitrogens with zero attached hydrogens (tertiary/aromatic N) is 2. The molecular weight excluding hydrogens is 186 g/mol. The Morgan fingerprint density at radius 1 is 1.33 bits per heavy atom. The Labute approximate surface area is 90.0 Å². The lowest BCUT2D eigenvalue weighted by molar-refractivity contribution is 0.750. The number of nitrogen functional groups attached to an aromatic ring is 1. The minimum Gasteiger partial charge on any atom is -0.384 e. The summed E-state index contributed by atoms with van der Waals surface area (Å²) in [5.41, 5.74) is 7.30. The lowest BCUT2D eigenvalue weighted by Gasteiger charge is -2.05. The van der Waals surface area contributed by atoms with Gasteiger partial charge in [-0.05, 0) is 25.7 Å². The first kappa shape index (κ1) is 9.01. The van der Waals surface area contributed by atoms with E-state index in [9.17, 15) is 0 Å². The molecule has 1 aromatic rings. The normalized spacial score (nSPS) is 20.5. The Balaban J connectivity index is 2.02. The summed E-state index contributed by atoms with van der Waals surface area (Å²) < 4.78 is 2.15. The maximum Gasteiger partial charge on any atom is 0.127 e. The fraction of sp³-hybridized carbons (Fsp3) is 0.583. The molecule has 2 aliphatic rings. The molecule has 0 radical (unpaired) electrons. The molecule has 0 bridgehead atoms. The predicted octanol–water partition coefficient (Wildman–Crippen LogP) is 2.41. The highest BCUT2D eigenvalue weighted by Gasteiger charge is 2.35. The minimum absolute atomic E-state index is 0.647. The minimum atomic E-state index is 0.647. The van der Waals surface area contributed by atoms with Gasteiger partial charge in [-0.1, -0.05) is 6.08 Å². The van der Waals surface area contributed by atoms with Crippen LogP contribution in [0.25, 0.3) is 0 Å². The van der Waals surface area contributed by atoms with Gasteiger partial charge in [-0.25, -0.2) is 4.98 Å². The molecule has 80 valence electrons. The van der Waals surface area contributed by atoms with Gasteiger partial charge in [0.05, 0.1) is 5.69 Å². The van der Waals surface area contributed by atoms with Crippen LogP contribution in [0, 0.1) is 0 Å². The van der Waals surface area contributed by atoms with Gasteiger partial charge < -0.3 is 10.3 Å². The molecule has 1 heterocycles. The van der Waals surface area contributed by atoms with Gasteiger partial charge in [-0.2, -0.15) is 0 Å². The standard InChI is InChI=1S/C12H17N3/c1-2-7-15-11(13)10(8-3-4-8)14-12(15)9-5-6-9/h2,8-9H,1,3-7,13H2. The van der Waals surface area contributed by atoms with Crippen LogP contribution in [0.3, 0.4) is 0 Å². The summed E-state index contributed by atoms with van der Waals surface area (Å²) in [5, 5.41) is 0. The van der Waals surface area contributed by atoms with Crippen molar-refractivity contribution in [3.8, 4) is 0 Å². The molecule has 0 amide bonds. The molecule has 15 heavy (non-hydrogen) atoms. The summed E-state index contributed by atoms with van der Waals surface area (Å²) in [6.45, 7) is 4.59. The molecule has 3 rings (SSSR count). The summed E-state index contributed by atoms with van der Waals surface area (Å²) in [4.78, 5) is 4.74. The molecule has 0 saturated heterocycles. The van der Waals surface area contributed by atoms with E-state index in [1.54, 1.807) is 0 Å². The van der Waals surface area contributed by atoms with Crippen molar-refractivity contribution in [1.82, 2.24) is 9.55 Å². The van der Waals surface area contributed by atoms with Gasteiger partial charge in [0, 0.05) is 18.4 Å². The third-order valence-electron chi connectivity index (χ3n) is 3.28. The van der Waals surface area contributed by atoms with Gasteiger partial charge in [0.2, 0.25) is 0 Å². The molecule has 2 fully saturated rings. The van der Waals surface area contributed by atoms with Crippen LogP contribution in [-0.4, -0.2) is 9.55 Å². The summed E-state index contributed by atoms with van der Waals surface area (Å²) >= 11 is 0. The van der Waals surface area contributed by atoms with E-state index in [1.165, 1.54) is 31.5 Å². The zero-order chi connectivity index (χ0) is 10.4. The zero-order valence-corrected chi connectivity index (χ0v) is 8.95. The van der Waals surface area contributed by atoms with Crippen molar-refractivity contribution in [2.24, 2.45) is 0 Å². The lowest BCUT2D eigenvalue weighted by atomic mass is 10.3. The van der Waals surface area contributed by atoms with Crippen LogP contribution in [-0.2, 0) is 6.54 Å². The molecule has 2 aliphatic carbocycles. The Bertz CT molecular complexity index is 397. The second-order valence-electron chi connectivity index (χ2n) is 4.69. The summed E-state index contributed by atoms with van der Waals surface area (Å²) in [6.07, 6.45) is 6.98. The van der Waals surface area contributed by atoms with E-state index in [4.69, 9.17) is 10.7 Å². The Hall–Kier alpha value is -1.25. The molecule has 2 N–H and O–H groups in total. The zero-order valence-electron chi connectivity index (χ0n) is 8.95. The highest BCUT2D eigenvalue weighted by atomic mass is 15.2. The molecule has 3 nitrogen and oxygen atoms in total. The molecule has 3 heteroatoms. The summed E-state index contributed by atoms with van der Waals surface area (Å²) in [7, 11) is 0. The van der Waals surface area contributed by atoms with Crippen molar-refractivity contribution in [3.05, 3.63) is 24.2 Å². The third kappa shape index (κ3) is 1.46. The second kappa shape index (κ2) is 3.12. The second-order valence-corrected chi connectivity index (χ2v) is 4.69. The number of nitrogens with two attached hydrogens (primary N) is 1. The fourth-order valence-corrected chi connectivity index (χ4v) is 2.13. The van der Waals surface area contributed by atoms with Gasteiger partial charge in [0.25, 0.3) is 0 Å². The predicted molar refractivity (Wildman–Crippen MR) is 60.8 cm³/mol. The SMILES string of the molecule is C=CCn1c(C2CC2)nc(C2CC2)c1N. The van der Waals surface area contributed by atoms with E-state index in [0.717, 1.165) is 18.1 Å². The molecule has 2 saturated carbocycles. The van der Waals surface area contributed by atoms with Gasteiger partial charge in [0.15, 0.2) is 0 Å². The number of rotatable bonds is 4. The number of anilines is 1. The quantitative estimate of drug-likeness (QED) is 0.764. The van der Waals surface area contributed by atoms with Crippen LogP contribution in [0.15, 0.2) is 12.7 Å². The molecule has 1 aromatic heterocycles. The average Bonchev–Trinajstić information content (AvgIpc) is 3.11. The van der Waals surface area contributed by atoms with Crippen molar-refractivity contribution in [1.29, 1.82) is 0 Å². The summed E-state index contributed by atoms with van der Waals surface area (Å²) in [5.74, 6) is 3.40. The number of imidazole rings is 1. The van der Waals surface area contributed by atoms with Crippen LogP contribution in [0.4, 0.5) is 5.82 Å². The van der Waals surface area contributed by atoms with E-state index in [2.05, 4.69) is 11.1 Å². The van der Waals surface area contributed by atoms with Crippen LogP contribution < -0.4 is 5.73 Å². The van der Waals surface area contributed by atoms with Crippen molar-refractivity contribution in [2.75, 3.05) is 5.73 Å². The Morgan fingerprint density at radius 2 is 2.00 bits per heavy atom. The molecule has 0 aromatic carbocycles. The molecule has 0 spiro atoms. The largest absolute Gasteiger partial charge is 0.384 e. The van der Waals surface area contributed by atoms with E-state index in [1.807, 2.05) is 6.08 Å². The lowest BCUT2D eigenvalue weighted by Crippen LogP contribution is -2.05. The fourth-order valence-electron chi connectivity index (χ4n) is 2.13. The average molecular weight is 203 g/mol. The van der Waals surface area contributed by atoms with Gasteiger partial charge >= 0.3 is 0 Å². The van der Waals surface area contributed by atoms with Crippen LogP contribution in [0.5, 0.6) is 0 Å². The van der Waals surface area contributed by atoms with Crippen molar-refractivity contribution >= 4 is 5.82 Å². The Kier molecular flexibility index (Phi) is 1.87. The van der Waals surface area contributed by atoms with Gasteiger partial charge in [0.1, 0.15) is 11.6 Å². The third-order valence-corrected chi connectivity index (χ3v) is 3.28. The molecule has 0 aliphatic heterocycles. The molecule has 0 unspecified atom stereocenters.